The molecule has 0 aliphatic heterocycles. The summed E-state index contributed by atoms with van der Waals surface area (Å²) in [5.74, 6) is 1.39. The predicted octanol–water partition coefficient (Wildman–Crippen LogP) is 8.66. The molecule has 0 saturated heterocycles. The molecule has 0 saturated carbocycles. The summed E-state index contributed by atoms with van der Waals surface area (Å²) in [5.41, 5.74) is 4.35. The van der Waals surface area contributed by atoms with E-state index in [1.165, 1.54) is 6.33 Å². The predicted molar refractivity (Wildman–Crippen MR) is 186 cm³/mol. The maximum atomic E-state index is 6.86. The standard InChI is InChI=1S/C35H51N6O3Si/c1-24(2)41-33-30(21-38-41)32(40(9)26-19-36-23-37-20-26)18-31(39-33)25-15-28(42-10)17-29(16-25)43-22-27(13-14-34(3,4)5)44-45(11,12)35(6,7)8/h14-21,23-24,27H,13,22H2,1-12H3. The molecule has 1 atom stereocenters. The second kappa shape index (κ2) is 13.5. The first kappa shape index (κ1) is 34.4. The van der Waals surface area contributed by atoms with Crippen LogP contribution in [0.15, 0.2) is 49.2 Å². The summed E-state index contributed by atoms with van der Waals surface area (Å²) in [7, 11) is 1.65. The number of anilines is 2. The van der Waals surface area contributed by atoms with E-state index in [0.717, 1.165) is 40.1 Å². The Labute approximate surface area is 270 Å². The number of hydrogen-bond acceptors (Lipinski definition) is 8. The Balaban J connectivity index is 1.73. The van der Waals surface area contributed by atoms with Gasteiger partial charge >= 0.3 is 0 Å². The lowest BCUT2D eigenvalue weighted by molar-refractivity contribution is 0.110. The number of aromatic nitrogens is 5. The number of pyridine rings is 1. The normalized spacial score (nSPS) is 13.4. The highest BCUT2D eigenvalue weighted by molar-refractivity contribution is 6.74. The van der Waals surface area contributed by atoms with E-state index in [9.17, 15) is 0 Å². The Morgan fingerprint density at radius 2 is 1.62 bits per heavy atom. The highest BCUT2D eigenvalue weighted by Crippen LogP contribution is 2.39. The number of nitrogens with zero attached hydrogens (tertiary/aromatic N) is 6. The van der Waals surface area contributed by atoms with Crippen molar-refractivity contribution in [1.29, 1.82) is 0 Å². The number of methoxy groups -OCH3 is 1. The molecular formula is C35H51N6O3Si. The summed E-state index contributed by atoms with van der Waals surface area (Å²) in [6.45, 7) is 22.7. The quantitative estimate of drug-likeness (QED) is 0.144. The van der Waals surface area contributed by atoms with Crippen molar-refractivity contribution < 1.29 is 13.9 Å². The largest absolute Gasteiger partial charge is 0.497 e. The lowest BCUT2D eigenvalue weighted by Crippen LogP contribution is -2.45. The van der Waals surface area contributed by atoms with Crippen molar-refractivity contribution >= 4 is 30.7 Å². The first-order chi connectivity index (χ1) is 21.0. The molecule has 4 rings (SSSR count). The Morgan fingerprint density at radius 1 is 0.956 bits per heavy atom. The van der Waals surface area contributed by atoms with Gasteiger partial charge < -0.3 is 18.8 Å². The smallest absolute Gasteiger partial charge is 0.192 e. The molecule has 45 heavy (non-hydrogen) atoms. The van der Waals surface area contributed by atoms with Crippen LogP contribution in [0.25, 0.3) is 22.3 Å². The number of benzene rings is 1. The molecule has 3 aromatic heterocycles. The van der Waals surface area contributed by atoms with E-state index < -0.39 is 8.32 Å². The molecule has 0 N–H and O–H groups in total. The molecule has 9 nitrogen and oxygen atoms in total. The Bertz CT molecular complexity index is 1570. The van der Waals surface area contributed by atoms with Crippen LogP contribution in [-0.2, 0) is 4.43 Å². The van der Waals surface area contributed by atoms with Gasteiger partial charge in [0.05, 0.1) is 54.3 Å². The molecule has 3 heterocycles. The Kier molecular flexibility index (Phi) is 10.3. The summed E-state index contributed by atoms with van der Waals surface area (Å²) < 4.78 is 21.1. The zero-order chi connectivity index (χ0) is 33.2. The van der Waals surface area contributed by atoms with Crippen molar-refractivity contribution in [2.75, 3.05) is 25.7 Å². The van der Waals surface area contributed by atoms with Crippen LogP contribution in [0.2, 0.25) is 18.1 Å². The average Bonchev–Trinajstić information content (AvgIpc) is 3.41. The summed E-state index contributed by atoms with van der Waals surface area (Å²) in [5, 5.41) is 5.72. The zero-order valence-electron chi connectivity index (χ0n) is 29.2. The van der Waals surface area contributed by atoms with Gasteiger partial charge in [-0.15, -0.1) is 0 Å². The maximum Gasteiger partial charge on any atom is 0.192 e. The van der Waals surface area contributed by atoms with Crippen molar-refractivity contribution in [2.45, 2.75) is 92.1 Å². The topological polar surface area (TPSA) is 87.4 Å². The van der Waals surface area contributed by atoms with Crippen molar-refractivity contribution in [3.8, 4) is 22.8 Å². The summed E-state index contributed by atoms with van der Waals surface area (Å²) >= 11 is 0. The molecule has 0 fully saturated rings. The second-order valence-corrected chi connectivity index (χ2v) is 19.4. The van der Waals surface area contributed by atoms with E-state index in [1.54, 1.807) is 19.5 Å². The second-order valence-electron chi connectivity index (χ2n) is 14.6. The molecule has 1 unspecified atom stereocenters. The highest BCUT2D eigenvalue weighted by atomic mass is 28.4. The fraction of sp³-hybridized carbons (Fsp3) is 0.514. The van der Waals surface area contributed by atoms with Gasteiger partial charge in [0.15, 0.2) is 14.0 Å². The van der Waals surface area contributed by atoms with Crippen LogP contribution in [-0.4, -0.2) is 59.9 Å². The molecule has 0 spiro atoms. The molecule has 10 heteroatoms. The minimum absolute atomic E-state index is 0.0667. The van der Waals surface area contributed by atoms with Crippen molar-refractivity contribution in [2.24, 2.45) is 5.41 Å². The van der Waals surface area contributed by atoms with E-state index in [1.807, 2.05) is 36.1 Å². The minimum Gasteiger partial charge on any atom is -0.497 e. The maximum absolute atomic E-state index is 6.86. The van der Waals surface area contributed by atoms with Gasteiger partial charge in [0.1, 0.15) is 24.4 Å². The fourth-order valence-electron chi connectivity index (χ4n) is 4.75. The molecular weight excluding hydrogens is 581 g/mol. The van der Waals surface area contributed by atoms with Crippen molar-refractivity contribution in [3.63, 3.8) is 0 Å². The summed E-state index contributed by atoms with van der Waals surface area (Å²) in [4.78, 5) is 15.6. The molecule has 1 radical (unpaired) electrons. The molecule has 0 bridgehead atoms. The van der Waals surface area contributed by atoms with Gasteiger partial charge in [-0.1, -0.05) is 41.5 Å². The number of rotatable bonds is 12. The Hall–Kier alpha value is -3.50. The van der Waals surface area contributed by atoms with E-state index in [-0.39, 0.29) is 22.6 Å². The number of hydrogen-bond donors (Lipinski definition) is 0. The van der Waals surface area contributed by atoms with Gasteiger partial charge in [-0.3, -0.25) is 0 Å². The fourth-order valence-corrected chi connectivity index (χ4v) is 6.10. The van der Waals surface area contributed by atoms with Gasteiger partial charge in [-0.2, -0.15) is 5.10 Å². The van der Waals surface area contributed by atoms with Gasteiger partial charge in [-0.25, -0.2) is 19.6 Å². The van der Waals surface area contributed by atoms with Crippen molar-refractivity contribution in [3.05, 3.63) is 55.6 Å². The lowest BCUT2D eigenvalue weighted by atomic mass is 9.89. The Morgan fingerprint density at radius 3 is 2.22 bits per heavy atom. The van der Waals surface area contributed by atoms with E-state index >= 15 is 0 Å². The molecule has 0 aliphatic carbocycles. The molecule has 0 amide bonds. The SMILES string of the molecule is COc1cc(OCC(C[CH]C(C)(C)C)O[Si](C)(C)C(C)(C)C)cc(-c2cc(N(C)c3cncnc3)c3cnn(C(C)C)c3n2)c1. The van der Waals surface area contributed by atoms with Crippen molar-refractivity contribution in [1.82, 2.24) is 24.7 Å². The van der Waals surface area contributed by atoms with Gasteiger partial charge in [0, 0.05) is 24.7 Å². The third-order valence-electron chi connectivity index (χ3n) is 8.44. The average molecular weight is 632 g/mol. The first-order valence-corrected chi connectivity index (χ1v) is 18.6. The van der Waals surface area contributed by atoms with Gasteiger partial charge in [0.25, 0.3) is 0 Å². The molecule has 4 aromatic rings. The zero-order valence-corrected chi connectivity index (χ0v) is 30.2. The summed E-state index contributed by atoms with van der Waals surface area (Å²) in [6.07, 6.45) is 10.1. The van der Waals surface area contributed by atoms with Crippen LogP contribution < -0.4 is 14.4 Å². The third-order valence-corrected chi connectivity index (χ3v) is 13.0. The first-order valence-electron chi connectivity index (χ1n) is 15.7. The lowest BCUT2D eigenvalue weighted by Gasteiger charge is -2.39. The van der Waals surface area contributed by atoms with Gasteiger partial charge in [0.2, 0.25) is 0 Å². The third kappa shape index (κ3) is 8.41. The van der Waals surface area contributed by atoms with Crippen LogP contribution in [0.5, 0.6) is 11.5 Å². The summed E-state index contributed by atoms with van der Waals surface area (Å²) in [6, 6.07) is 8.14. The monoisotopic (exact) mass is 631 g/mol. The molecule has 1 aromatic carbocycles. The number of ether oxygens (including phenoxy) is 2. The molecule has 0 aliphatic rings. The van der Waals surface area contributed by atoms with Crippen LogP contribution >= 0.6 is 0 Å². The molecule has 243 valence electrons. The number of fused-ring (bicyclic) bond motifs is 1. The highest BCUT2D eigenvalue weighted by Gasteiger charge is 2.39. The minimum atomic E-state index is -2.02. The van der Waals surface area contributed by atoms with Crippen LogP contribution in [0.1, 0.15) is 67.9 Å². The van der Waals surface area contributed by atoms with Crippen LogP contribution in [0.3, 0.4) is 0 Å². The van der Waals surface area contributed by atoms with Crippen LogP contribution in [0.4, 0.5) is 11.4 Å². The van der Waals surface area contributed by atoms with E-state index in [0.29, 0.717) is 18.1 Å². The van der Waals surface area contributed by atoms with Crippen LogP contribution in [0, 0.1) is 11.8 Å². The van der Waals surface area contributed by atoms with E-state index in [4.69, 9.17) is 18.9 Å². The van der Waals surface area contributed by atoms with E-state index in [2.05, 4.69) is 101 Å². The van der Waals surface area contributed by atoms with Gasteiger partial charge in [-0.05, 0) is 68.4 Å².